The molecule has 3 unspecified atom stereocenters. The molecule has 0 radical (unpaired) electrons. The van der Waals surface area contributed by atoms with Crippen LogP contribution >= 0.6 is 11.6 Å². The van der Waals surface area contributed by atoms with Crippen LogP contribution in [0.15, 0.2) is 0 Å². The number of rotatable bonds is 2. The highest BCUT2D eigenvalue weighted by atomic mass is 35.5. The van der Waals surface area contributed by atoms with Crippen LogP contribution in [-0.2, 0) is 4.74 Å². The fourth-order valence-corrected chi connectivity index (χ4v) is 3.38. The SMILES string of the molecule is CCC1(C2CC2(C)C)CC(Cl)CCO1. The highest BCUT2D eigenvalue weighted by molar-refractivity contribution is 6.20. The van der Waals surface area contributed by atoms with Crippen molar-refractivity contribution in [3.8, 4) is 0 Å². The summed E-state index contributed by atoms with van der Waals surface area (Å²) >= 11 is 6.26. The molecule has 2 fully saturated rings. The number of hydrogen-bond donors (Lipinski definition) is 0. The maximum atomic E-state index is 6.26. The van der Waals surface area contributed by atoms with E-state index in [0.717, 1.165) is 31.8 Å². The zero-order valence-electron chi connectivity index (χ0n) is 9.48. The van der Waals surface area contributed by atoms with Gasteiger partial charge in [-0.25, -0.2) is 0 Å². The Morgan fingerprint density at radius 2 is 2.00 bits per heavy atom. The van der Waals surface area contributed by atoms with Gasteiger partial charge in [-0.1, -0.05) is 20.8 Å². The first kappa shape index (κ1) is 10.8. The Hall–Kier alpha value is 0.250. The van der Waals surface area contributed by atoms with Crippen molar-refractivity contribution in [1.82, 2.24) is 0 Å². The van der Waals surface area contributed by atoms with Crippen LogP contribution in [0.4, 0.5) is 0 Å². The fraction of sp³-hybridized carbons (Fsp3) is 1.00. The predicted molar refractivity (Wildman–Crippen MR) is 59.7 cm³/mol. The molecule has 0 bridgehead atoms. The van der Waals surface area contributed by atoms with Crippen LogP contribution in [0, 0.1) is 11.3 Å². The maximum absolute atomic E-state index is 6.26. The molecule has 0 aromatic heterocycles. The first-order valence-corrected chi connectivity index (χ1v) is 6.22. The monoisotopic (exact) mass is 216 g/mol. The molecule has 14 heavy (non-hydrogen) atoms. The van der Waals surface area contributed by atoms with E-state index in [-0.39, 0.29) is 5.60 Å². The lowest BCUT2D eigenvalue weighted by Crippen LogP contribution is -2.43. The molecule has 1 aliphatic carbocycles. The van der Waals surface area contributed by atoms with Crippen molar-refractivity contribution in [2.24, 2.45) is 11.3 Å². The Labute approximate surface area is 92.2 Å². The summed E-state index contributed by atoms with van der Waals surface area (Å²) in [5, 5.41) is 0.333. The van der Waals surface area contributed by atoms with Gasteiger partial charge < -0.3 is 4.74 Å². The molecule has 0 spiro atoms. The lowest BCUT2D eigenvalue weighted by atomic mass is 9.83. The summed E-state index contributed by atoms with van der Waals surface area (Å²) < 4.78 is 6.06. The molecule has 2 aliphatic rings. The zero-order valence-corrected chi connectivity index (χ0v) is 10.2. The molecule has 3 atom stereocenters. The second-order valence-electron chi connectivity index (χ2n) is 5.60. The third-order valence-electron chi connectivity index (χ3n) is 4.13. The van der Waals surface area contributed by atoms with Crippen molar-refractivity contribution in [2.75, 3.05) is 6.61 Å². The normalized spacial score (nSPS) is 46.3. The molecular weight excluding hydrogens is 196 g/mol. The fourth-order valence-electron chi connectivity index (χ4n) is 3.03. The molecule has 0 N–H and O–H groups in total. The molecule has 82 valence electrons. The van der Waals surface area contributed by atoms with Gasteiger partial charge in [0, 0.05) is 12.0 Å². The van der Waals surface area contributed by atoms with Crippen LogP contribution in [0.25, 0.3) is 0 Å². The van der Waals surface area contributed by atoms with E-state index in [1.807, 2.05) is 0 Å². The third kappa shape index (κ3) is 1.69. The van der Waals surface area contributed by atoms with Crippen molar-refractivity contribution < 1.29 is 4.74 Å². The largest absolute Gasteiger partial charge is 0.375 e. The maximum Gasteiger partial charge on any atom is 0.0727 e. The second kappa shape index (κ2) is 3.38. The Balaban J connectivity index is 2.10. The van der Waals surface area contributed by atoms with Gasteiger partial charge in [-0.2, -0.15) is 0 Å². The minimum Gasteiger partial charge on any atom is -0.375 e. The molecule has 2 heteroatoms. The lowest BCUT2D eigenvalue weighted by Gasteiger charge is -2.40. The van der Waals surface area contributed by atoms with E-state index in [1.54, 1.807) is 0 Å². The van der Waals surface area contributed by atoms with E-state index >= 15 is 0 Å². The highest BCUT2D eigenvalue weighted by Crippen LogP contribution is 2.61. The van der Waals surface area contributed by atoms with Gasteiger partial charge in [0.15, 0.2) is 0 Å². The van der Waals surface area contributed by atoms with Crippen molar-refractivity contribution in [3.05, 3.63) is 0 Å². The van der Waals surface area contributed by atoms with Gasteiger partial charge in [0.25, 0.3) is 0 Å². The Morgan fingerprint density at radius 1 is 1.36 bits per heavy atom. The van der Waals surface area contributed by atoms with Crippen molar-refractivity contribution in [1.29, 1.82) is 0 Å². The van der Waals surface area contributed by atoms with Gasteiger partial charge in [-0.15, -0.1) is 11.6 Å². The number of ether oxygens (including phenoxy) is 1. The van der Waals surface area contributed by atoms with Crippen LogP contribution in [0.1, 0.15) is 46.5 Å². The summed E-state index contributed by atoms with van der Waals surface area (Å²) in [7, 11) is 0. The molecule has 1 saturated heterocycles. The van der Waals surface area contributed by atoms with Crippen molar-refractivity contribution in [2.45, 2.75) is 57.4 Å². The van der Waals surface area contributed by atoms with E-state index in [1.165, 1.54) is 6.42 Å². The number of halogens is 1. The van der Waals surface area contributed by atoms with Gasteiger partial charge in [0.05, 0.1) is 5.60 Å². The third-order valence-corrected chi connectivity index (χ3v) is 4.51. The van der Waals surface area contributed by atoms with Crippen LogP contribution < -0.4 is 0 Å². The van der Waals surface area contributed by atoms with Crippen molar-refractivity contribution >= 4 is 11.6 Å². The average Bonchev–Trinajstić information content (AvgIpc) is 2.76. The Morgan fingerprint density at radius 3 is 2.43 bits per heavy atom. The Bertz CT molecular complexity index is 226. The first-order valence-electron chi connectivity index (χ1n) is 5.78. The van der Waals surface area contributed by atoms with E-state index in [2.05, 4.69) is 20.8 Å². The van der Waals surface area contributed by atoms with E-state index in [0.29, 0.717) is 10.8 Å². The average molecular weight is 217 g/mol. The van der Waals surface area contributed by atoms with Crippen LogP contribution in [0.2, 0.25) is 0 Å². The van der Waals surface area contributed by atoms with E-state index in [9.17, 15) is 0 Å². The number of hydrogen-bond acceptors (Lipinski definition) is 1. The summed E-state index contributed by atoms with van der Waals surface area (Å²) in [6, 6.07) is 0. The molecular formula is C12H21ClO. The standard InChI is InChI=1S/C12H21ClO/c1-4-12(10-8-11(10,2)3)7-9(13)5-6-14-12/h9-10H,4-8H2,1-3H3. The van der Waals surface area contributed by atoms with Crippen LogP contribution in [0.3, 0.4) is 0 Å². The molecule has 0 aromatic rings. The molecule has 0 amide bonds. The molecule has 1 aliphatic heterocycles. The number of alkyl halides is 1. The summed E-state index contributed by atoms with van der Waals surface area (Å²) in [6.45, 7) is 7.78. The molecule has 1 saturated carbocycles. The van der Waals surface area contributed by atoms with E-state index in [4.69, 9.17) is 16.3 Å². The molecule has 2 rings (SSSR count). The lowest BCUT2D eigenvalue weighted by molar-refractivity contribution is -0.101. The van der Waals surface area contributed by atoms with Gasteiger partial charge in [0.2, 0.25) is 0 Å². The van der Waals surface area contributed by atoms with Crippen LogP contribution in [-0.4, -0.2) is 17.6 Å². The highest BCUT2D eigenvalue weighted by Gasteiger charge is 2.59. The smallest absolute Gasteiger partial charge is 0.0727 e. The molecule has 0 aromatic carbocycles. The summed E-state index contributed by atoms with van der Waals surface area (Å²) in [5.74, 6) is 0.738. The van der Waals surface area contributed by atoms with Crippen molar-refractivity contribution in [3.63, 3.8) is 0 Å². The summed E-state index contributed by atoms with van der Waals surface area (Å²) in [4.78, 5) is 0. The van der Waals surface area contributed by atoms with Gasteiger partial charge in [-0.05, 0) is 37.0 Å². The zero-order chi connectivity index (χ0) is 10.4. The minimum atomic E-state index is 0.105. The summed E-state index contributed by atoms with van der Waals surface area (Å²) in [5.41, 5.74) is 0.595. The Kier molecular flexibility index (Phi) is 2.60. The van der Waals surface area contributed by atoms with Gasteiger partial charge >= 0.3 is 0 Å². The van der Waals surface area contributed by atoms with Crippen LogP contribution in [0.5, 0.6) is 0 Å². The summed E-state index contributed by atoms with van der Waals surface area (Å²) in [6.07, 6.45) is 4.50. The van der Waals surface area contributed by atoms with E-state index < -0.39 is 0 Å². The van der Waals surface area contributed by atoms with Gasteiger partial charge in [0.1, 0.15) is 0 Å². The molecule has 1 nitrogen and oxygen atoms in total. The quantitative estimate of drug-likeness (QED) is 0.641. The molecule has 1 heterocycles. The minimum absolute atomic E-state index is 0.105. The second-order valence-corrected chi connectivity index (χ2v) is 6.22. The first-order chi connectivity index (χ1) is 6.50. The topological polar surface area (TPSA) is 9.23 Å². The van der Waals surface area contributed by atoms with Gasteiger partial charge in [-0.3, -0.25) is 0 Å². The predicted octanol–water partition coefficient (Wildman–Crippen LogP) is 3.60.